The molecule has 2 unspecified atom stereocenters. The molecule has 0 radical (unpaired) electrons. The Balaban J connectivity index is 0.000000425. The number of rotatable bonds is 7. The summed E-state index contributed by atoms with van der Waals surface area (Å²) >= 11 is 0. The smallest absolute Gasteiger partial charge is 0.365 e. The van der Waals surface area contributed by atoms with Gasteiger partial charge in [0, 0.05) is 36.9 Å². The van der Waals surface area contributed by atoms with Crippen LogP contribution in [0.5, 0.6) is 5.75 Å². The molecule has 0 aliphatic carbocycles. The van der Waals surface area contributed by atoms with Crippen molar-refractivity contribution in [2.45, 2.75) is 20.0 Å². The third-order valence-corrected chi connectivity index (χ3v) is 9.54. The van der Waals surface area contributed by atoms with Gasteiger partial charge in [0.15, 0.2) is 11.2 Å². The summed E-state index contributed by atoms with van der Waals surface area (Å²) in [5, 5.41) is 2.86. The number of oxazole rings is 2. The monoisotopic (exact) mass is 734 g/mol. The lowest BCUT2D eigenvalue weighted by Gasteiger charge is -2.25. The molecule has 1 N–H and O–H groups in total. The van der Waals surface area contributed by atoms with Crippen LogP contribution in [0.4, 0.5) is 0 Å². The van der Waals surface area contributed by atoms with E-state index in [-0.39, 0.29) is 11.6 Å². The Morgan fingerprint density at radius 3 is 1.92 bits per heavy atom. The first-order valence-corrected chi connectivity index (χ1v) is 17.9. The fraction of sp³-hybridized carbons (Fsp3) is 0.179. The van der Waals surface area contributed by atoms with Crippen molar-refractivity contribution in [1.29, 1.82) is 0 Å². The summed E-state index contributed by atoms with van der Waals surface area (Å²) in [6.07, 6.45) is 4.79. The Morgan fingerprint density at radius 1 is 0.792 bits per heavy atom. The topological polar surface area (TPSA) is 158 Å². The maximum absolute atomic E-state index is 12.1. The molecule has 53 heavy (non-hydrogen) atoms. The van der Waals surface area contributed by atoms with Crippen molar-refractivity contribution < 1.29 is 41.9 Å². The van der Waals surface area contributed by atoms with Gasteiger partial charge in [0.2, 0.25) is 11.8 Å². The molecule has 1 aliphatic rings. The normalized spacial score (nSPS) is 14.5. The maximum Gasteiger partial charge on any atom is 0.365 e. The third-order valence-electron chi connectivity index (χ3n) is 9.16. The number of nitrogens with zero attached hydrogens (tertiary/aromatic N) is 4. The minimum Gasteiger partial charge on any atom is -0.465 e. The Morgan fingerprint density at radius 2 is 1.40 bits per heavy atom. The number of ether oxygens (including phenoxy) is 2. The van der Waals surface area contributed by atoms with E-state index < -0.39 is 20.2 Å². The van der Waals surface area contributed by atoms with Crippen molar-refractivity contribution in [1.82, 2.24) is 19.8 Å². The van der Waals surface area contributed by atoms with Crippen molar-refractivity contribution in [3.8, 4) is 28.7 Å². The van der Waals surface area contributed by atoms with Crippen LogP contribution in [0.2, 0.25) is 0 Å². The first-order chi connectivity index (χ1) is 25.6. The molecule has 0 bridgehead atoms. The van der Waals surface area contributed by atoms with Gasteiger partial charge in [-0.05, 0) is 90.7 Å². The van der Waals surface area contributed by atoms with E-state index in [0.29, 0.717) is 61.9 Å². The summed E-state index contributed by atoms with van der Waals surface area (Å²) in [7, 11) is 1.24. The lowest BCUT2D eigenvalue weighted by atomic mass is 9.97. The molecule has 2 atom stereocenters. The Kier molecular flexibility index (Phi) is 9.61. The number of fused-ring (bicyclic) bond motifs is 4. The van der Waals surface area contributed by atoms with Gasteiger partial charge in [0.1, 0.15) is 16.8 Å². The fourth-order valence-electron chi connectivity index (χ4n) is 6.24. The molecule has 14 heteroatoms. The van der Waals surface area contributed by atoms with Gasteiger partial charge in [0.25, 0.3) is 0 Å². The van der Waals surface area contributed by atoms with Gasteiger partial charge in [-0.25, -0.2) is 24.1 Å². The van der Waals surface area contributed by atoms with E-state index >= 15 is 0 Å². The molecule has 0 fully saturated rings. The molecule has 0 saturated carbocycles. The third kappa shape index (κ3) is 6.79. The highest BCUT2D eigenvalue weighted by molar-refractivity contribution is 7.32. The second kappa shape index (κ2) is 14.5. The van der Waals surface area contributed by atoms with Crippen LogP contribution < -0.4 is 4.52 Å². The van der Waals surface area contributed by atoms with Gasteiger partial charge in [-0.2, -0.15) is 0 Å². The van der Waals surface area contributed by atoms with Gasteiger partial charge >= 0.3 is 20.2 Å². The number of hydrogen-bond acceptors (Lipinski definition) is 12. The summed E-state index contributed by atoms with van der Waals surface area (Å²) in [5.74, 6) is -0.443. The number of carbonyl (C=O) groups is 2. The van der Waals surface area contributed by atoms with Crippen LogP contribution in [0.25, 0.3) is 66.7 Å². The molecule has 8 rings (SSSR count). The molecule has 0 saturated heterocycles. The standard InChI is InChI=1S/C32H21N2O9P.C7H14N2/c1-39-31(35)18-7-10-26-24(13-18)33-29(41-26)20-5-3-4-16-12-17-6-9-21(28(43-44(37)38)23(17)15-22(16)20)30-34-25-14-19(32(36)40-2)8-11-27(25)42-30;1-4-9-6-5-8(3)7(9)2/h3-15,44H,1-2H3,(H,37,38);5-7H,4H2,1-3H3. The minimum absolute atomic E-state index is 0.102. The molecule has 0 amide bonds. The van der Waals surface area contributed by atoms with Crippen LogP contribution in [-0.4, -0.2) is 70.6 Å². The molecule has 3 heterocycles. The summed E-state index contributed by atoms with van der Waals surface area (Å²) in [6, 6.07) is 22.5. The number of aromatic nitrogens is 2. The van der Waals surface area contributed by atoms with Crippen molar-refractivity contribution in [3.63, 3.8) is 0 Å². The Hall–Kier alpha value is -6.17. The molecule has 270 valence electrons. The lowest BCUT2D eigenvalue weighted by Crippen LogP contribution is -2.33. The van der Waals surface area contributed by atoms with Crippen molar-refractivity contribution in [2.24, 2.45) is 0 Å². The zero-order chi connectivity index (χ0) is 37.4. The summed E-state index contributed by atoms with van der Waals surface area (Å²) in [6.45, 7) is 5.46. The molecule has 0 spiro atoms. The van der Waals surface area contributed by atoms with Gasteiger partial charge in [-0.3, -0.25) is 0 Å². The molecule has 13 nitrogen and oxygen atoms in total. The highest BCUT2D eigenvalue weighted by Crippen LogP contribution is 2.43. The molecular weight excluding hydrogens is 699 g/mol. The first kappa shape index (κ1) is 35.2. The van der Waals surface area contributed by atoms with Crippen LogP contribution in [0.3, 0.4) is 0 Å². The summed E-state index contributed by atoms with van der Waals surface area (Å²) in [5.41, 5.74) is 3.42. The van der Waals surface area contributed by atoms with E-state index in [0.717, 1.165) is 22.7 Å². The van der Waals surface area contributed by atoms with Gasteiger partial charge < -0.3 is 37.5 Å². The molecule has 2 aromatic heterocycles. The molecule has 7 aromatic rings. The zero-order valence-electron chi connectivity index (χ0n) is 29.4. The van der Waals surface area contributed by atoms with Gasteiger partial charge in [0.05, 0.1) is 37.1 Å². The van der Waals surface area contributed by atoms with Gasteiger partial charge in [-0.1, -0.05) is 18.2 Å². The summed E-state index contributed by atoms with van der Waals surface area (Å²) in [4.78, 5) is 47.5. The quantitative estimate of drug-likeness (QED) is 0.0955. The highest BCUT2D eigenvalue weighted by atomic mass is 31.1. The fourth-order valence-corrected chi connectivity index (χ4v) is 6.64. The lowest BCUT2D eigenvalue weighted by molar-refractivity contribution is 0.0592. The first-order valence-electron chi connectivity index (χ1n) is 16.6. The number of hydrogen-bond donors (Lipinski definition) is 1. The average molecular weight is 735 g/mol. The zero-order valence-corrected chi connectivity index (χ0v) is 30.4. The van der Waals surface area contributed by atoms with E-state index in [1.807, 2.05) is 36.4 Å². The number of esters is 2. The Bertz CT molecular complexity index is 2600. The highest BCUT2D eigenvalue weighted by Gasteiger charge is 2.21. The molecule has 5 aromatic carbocycles. The van der Waals surface area contributed by atoms with Crippen molar-refractivity contribution in [3.05, 3.63) is 102 Å². The van der Waals surface area contributed by atoms with E-state index in [4.69, 9.17) is 22.8 Å². The molecule has 1 aliphatic heterocycles. The second-order valence-corrected chi connectivity index (χ2v) is 13.0. The largest absolute Gasteiger partial charge is 0.465 e. The van der Waals surface area contributed by atoms with Crippen molar-refractivity contribution in [2.75, 3.05) is 27.8 Å². The number of carbonyl (C=O) groups excluding carboxylic acids is 2. The van der Waals surface area contributed by atoms with Crippen LogP contribution in [0.1, 0.15) is 34.6 Å². The van der Waals surface area contributed by atoms with Crippen LogP contribution in [-0.2, 0) is 14.0 Å². The maximum atomic E-state index is 12.1. The van der Waals surface area contributed by atoms with Crippen molar-refractivity contribution >= 4 is 63.9 Å². The Labute approximate surface area is 303 Å². The van der Waals surface area contributed by atoms with Crippen LogP contribution in [0, 0.1) is 0 Å². The average Bonchev–Trinajstić information content (AvgIpc) is 3.88. The van der Waals surface area contributed by atoms with E-state index in [2.05, 4.69) is 53.1 Å². The van der Waals surface area contributed by atoms with E-state index in [1.165, 1.54) is 14.2 Å². The SMILES string of the molecule is CCN1C=CN(C)C1C.COC(=O)c1ccc2oc(-c3ccc4cc5cccc(-c6nc7cc(C(=O)OC)ccc7o6)c5cc4c3O[PH](=O)O)nc2c1. The van der Waals surface area contributed by atoms with E-state index in [1.54, 1.807) is 42.5 Å². The van der Waals surface area contributed by atoms with E-state index in [9.17, 15) is 19.0 Å². The van der Waals surface area contributed by atoms with Crippen LogP contribution in [0.15, 0.2) is 100 Å². The number of benzene rings is 5. The minimum atomic E-state index is -3.45. The summed E-state index contributed by atoms with van der Waals surface area (Å²) < 4.78 is 39.2. The predicted octanol–water partition coefficient (Wildman–Crippen LogP) is 8.01. The molecular formula is C39H35N4O9P. The second-order valence-electron chi connectivity index (χ2n) is 12.2. The number of methoxy groups -OCH3 is 2. The van der Waals surface area contributed by atoms with Gasteiger partial charge in [-0.15, -0.1) is 0 Å². The predicted molar refractivity (Wildman–Crippen MR) is 201 cm³/mol. The van der Waals surface area contributed by atoms with Crippen LogP contribution >= 0.6 is 8.25 Å².